The summed E-state index contributed by atoms with van der Waals surface area (Å²) in [6.07, 6.45) is 2.62. The van der Waals surface area contributed by atoms with Crippen LogP contribution >= 0.6 is 0 Å². The second-order valence-electron chi connectivity index (χ2n) is 15.3. The van der Waals surface area contributed by atoms with Crippen LogP contribution in [0.2, 0.25) is 0 Å². The van der Waals surface area contributed by atoms with Gasteiger partial charge >= 0.3 is 29.6 Å². The maximum Gasteiger partial charge on any atom is 1.00 e. The molecule has 0 saturated carbocycles. The molecule has 0 saturated heterocycles. The maximum absolute atomic E-state index is 12.6. The van der Waals surface area contributed by atoms with Crippen LogP contribution in [0.15, 0.2) is 90.3 Å². The minimum atomic E-state index is -0.165. The number of ketones is 2. The number of H-pyrrole nitrogens is 1. The van der Waals surface area contributed by atoms with Gasteiger partial charge in [-0.25, -0.2) is 0 Å². The van der Waals surface area contributed by atoms with Crippen molar-refractivity contribution in [3.8, 4) is 0 Å². The normalized spacial score (nSPS) is 12.2. The zero-order chi connectivity index (χ0) is 38.6. The van der Waals surface area contributed by atoms with E-state index in [1.807, 2.05) is 38.1 Å². The molecule has 5 N–H and O–H groups in total. The van der Waals surface area contributed by atoms with E-state index in [9.17, 15) is 9.59 Å². The molecule has 10 nitrogen and oxygen atoms in total. The summed E-state index contributed by atoms with van der Waals surface area (Å²) < 4.78 is 0. The Hall–Kier alpha value is -4.38. The number of nitrogen functional groups attached to an aromatic ring is 2. The molecule has 4 aromatic carbocycles. The first-order chi connectivity index (χ1) is 24.4. The number of Topliss-reactive ketones (excluding diaryl/α,β-unsaturated/α-hetero) is 2. The van der Waals surface area contributed by atoms with Gasteiger partial charge in [-0.1, -0.05) is 116 Å². The summed E-state index contributed by atoms with van der Waals surface area (Å²) in [5, 5.41) is 19.7. The molecule has 0 aliphatic rings. The molecule has 0 spiro atoms. The molecule has 2 atom stereocenters. The van der Waals surface area contributed by atoms with E-state index in [0.717, 1.165) is 40.3 Å². The fraction of sp³-hybridized carbons (Fsp3) is 0.381. The molecule has 0 fully saturated rings. The van der Waals surface area contributed by atoms with Crippen LogP contribution < -0.4 is 41.0 Å². The summed E-state index contributed by atoms with van der Waals surface area (Å²) >= 11 is 0. The van der Waals surface area contributed by atoms with Crippen LogP contribution in [0.1, 0.15) is 113 Å². The van der Waals surface area contributed by atoms with Gasteiger partial charge in [-0.3, -0.25) is 9.59 Å². The van der Waals surface area contributed by atoms with Gasteiger partial charge in [-0.15, -0.1) is 5.34 Å². The maximum atomic E-state index is 12.6. The van der Waals surface area contributed by atoms with Crippen LogP contribution in [0.3, 0.4) is 0 Å². The number of aromatic nitrogens is 3. The number of rotatable bonds is 10. The summed E-state index contributed by atoms with van der Waals surface area (Å²) in [5.41, 5.74) is 21.5. The minimum Gasteiger partial charge on any atom is -0.444 e. The van der Waals surface area contributed by atoms with E-state index in [1.54, 1.807) is 12.1 Å². The predicted octanol–water partition coefficient (Wildman–Crippen LogP) is 6.27. The molecule has 0 aliphatic carbocycles. The molecule has 11 heteroatoms. The smallest absolute Gasteiger partial charge is 0.444 e. The second-order valence-corrected chi connectivity index (χ2v) is 15.3. The Morgan fingerprint density at radius 2 is 1.06 bits per heavy atom. The van der Waals surface area contributed by atoms with Crippen LogP contribution in [-0.2, 0) is 33.3 Å². The SMILES string of the molecule is CC(C(=O)CCc1ccc(C(C)(C)C)cc1)c1ccc(N)c(N)c1.CC(C(=O)CCc1ccc(C(C)(C)C)cc1)c1ccc2n[nH]nc2c1.O=N[O-].[Na+]. The molecule has 53 heavy (non-hydrogen) atoms. The number of carbonyl (C=O) groups is 2. The summed E-state index contributed by atoms with van der Waals surface area (Å²) in [5.74, 6) is 0.179. The van der Waals surface area contributed by atoms with Gasteiger partial charge in [-0.2, -0.15) is 15.4 Å². The van der Waals surface area contributed by atoms with Crippen LogP contribution in [-0.4, -0.2) is 27.0 Å². The van der Waals surface area contributed by atoms with Crippen molar-refractivity contribution in [3.63, 3.8) is 0 Å². The third-order valence-electron chi connectivity index (χ3n) is 9.38. The molecule has 0 radical (unpaired) electrons. The van der Waals surface area contributed by atoms with Crippen molar-refractivity contribution >= 4 is 34.0 Å². The van der Waals surface area contributed by atoms with Crippen LogP contribution in [0.25, 0.3) is 11.0 Å². The van der Waals surface area contributed by atoms with Crippen molar-refractivity contribution in [1.82, 2.24) is 15.4 Å². The number of fused-ring (bicyclic) bond motifs is 1. The van der Waals surface area contributed by atoms with Gasteiger partial charge in [0, 0.05) is 24.7 Å². The number of hydrogen-bond acceptors (Lipinski definition) is 9. The third-order valence-corrected chi connectivity index (χ3v) is 9.38. The zero-order valence-electron chi connectivity index (χ0n) is 32.7. The largest absolute Gasteiger partial charge is 1.00 e. The Bertz CT molecular complexity index is 1930. The first-order valence-corrected chi connectivity index (χ1v) is 17.6. The molecule has 5 rings (SSSR count). The van der Waals surface area contributed by atoms with Crippen LogP contribution in [0.4, 0.5) is 11.4 Å². The molecule has 276 valence electrons. The minimum absolute atomic E-state index is 0. The van der Waals surface area contributed by atoms with Gasteiger partial charge in [0.15, 0.2) is 0 Å². The topological polar surface area (TPSA) is 180 Å². The first kappa shape index (κ1) is 44.8. The number of nitrogens with one attached hydrogen (secondary N) is 1. The second kappa shape index (κ2) is 20.2. The van der Waals surface area contributed by atoms with Gasteiger partial charge in [0.25, 0.3) is 0 Å². The molecule has 1 heterocycles. The quantitative estimate of drug-likeness (QED) is 0.0651. The van der Waals surface area contributed by atoms with E-state index in [1.165, 1.54) is 22.3 Å². The number of hydrogen-bond donors (Lipinski definition) is 3. The average Bonchev–Trinajstić information content (AvgIpc) is 3.58. The van der Waals surface area contributed by atoms with Crippen molar-refractivity contribution in [2.45, 2.75) is 104 Å². The van der Waals surface area contributed by atoms with Gasteiger partial charge in [-0.05, 0) is 81.3 Å². The number of aromatic amines is 1. The Kier molecular flexibility index (Phi) is 17.0. The third kappa shape index (κ3) is 13.5. The Balaban J connectivity index is 0.000000336. The van der Waals surface area contributed by atoms with Gasteiger partial charge in [0.05, 0.1) is 11.4 Å². The van der Waals surface area contributed by atoms with E-state index in [-0.39, 0.29) is 63.8 Å². The fourth-order valence-electron chi connectivity index (χ4n) is 5.67. The average molecular weight is 729 g/mol. The predicted molar refractivity (Wildman–Crippen MR) is 212 cm³/mol. The zero-order valence-corrected chi connectivity index (χ0v) is 34.7. The summed E-state index contributed by atoms with van der Waals surface area (Å²) in [7, 11) is 0. The van der Waals surface area contributed by atoms with Gasteiger partial charge in [0.1, 0.15) is 22.6 Å². The molecule has 0 bridgehead atoms. The van der Waals surface area contributed by atoms with Gasteiger partial charge < -0.3 is 21.6 Å². The van der Waals surface area contributed by atoms with E-state index in [0.29, 0.717) is 24.2 Å². The van der Waals surface area contributed by atoms with Crippen LogP contribution in [0.5, 0.6) is 0 Å². The fourth-order valence-corrected chi connectivity index (χ4v) is 5.67. The van der Waals surface area contributed by atoms with E-state index >= 15 is 0 Å². The number of nitrogens with zero attached hydrogens (tertiary/aromatic N) is 3. The molecular weight excluding hydrogens is 675 g/mol. The number of anilines is 2. The Labute approximate surface area is 335 Å². The number of aryl methyl sites for hydroxylation is 2. The van der Waals surface area contributed by atoms with Crippen LogP contribution in [0, 0.1) is 10.1 Å². The molecule has 0 amide bonds. The van der Waals surface area contributed by atoms with E-state index < -0.39 is 0 Å². The molecule has 2 unspecified atom stereocenters. The Morgan fingerprint density at radius 3 is 1.47 bits per heavy atom. The van der Waals surface area contributed by atoms with Crippen molar-refractivity contribution in [1.29, 1.82) is 0 Å². The summed E-state index contributed by atoms with van der Waals surface area (Å²) in [6, 6.07) is 28.4. The van der Waals surface area contributed by atoms with Crippen molar-refractivity contribution in [2.24, 2.45) is 5.34 Å². The van der Waals surface area contributed by atoms with Crippen molar-refractivity contribution in [2.75, 3.05) is 11.5 Å². The number of benzene rings is 4. The number of nitrogens with two attached hydrogens (primary N) is 2. The Morgan fingerprint density at radius 1 is 0.660 bits per heavy atom. The molecular formula is C42H53N6NaO4. The van der Waals surface area contributed by atoms with Gasteiger partial charge in [0.2, 0.25) is 0 Å². The summed E-state index contributed by atoms with van der Waals surface area (Å²) in [4.78, 5) is 33.0. The van der Waals surface area contributed by atoms with E-state index in [4.69, 9.17) is 21.6 Å². The monoisotopic (exact) mass is 728 g/mol. The standard InChI is InChI=1S/C21H25N3O.C21H28N2O.HNO2.Na/c1-14(16-8-11-18-19(13-16)23-24-22-18)20(25)12-7-15-5-9-17(10-6-15)21(2,3)4;1-14(16-8-11-18(22)19(23)13-16)20(24)12-7-15-5-9-17(10-6-15)21(2,3)4;2-1-3;/h5-6,8-11,13-14H,7,12H2,1-4H3,(H,22,23,24);5-6,8-11,13-14H,7,12,22-23H2,1-4H3;(H,2,3);/q;;;+1/p-1. The molecule has 5 aromatic rings. The number of carbonyl (C=O) groups excluding carboxylic acids is 2. The first-order valence-electron chi connectivity index (χ1n) is 17.6. The van der Waals surface area contributed by atoms with E-state index in [2.05, 4.69) is 105 Å². The summed E-state index contributed by atoms with van der Waals surface area (Å²) in [6.45, 7) is 17.1. The van der Waals surface area contributed by atoms with Crippen molar-refractivity contribution < 1.29 is 39.1 Å². The molecule has 1 aromatic heterocycles. The van der Waals surface area contributed by atoms with Crippen molar-refractivity contribution in [3.05, 3.63) is 128 Å². The molecule has 0 aliphatic heterocycles.